The van der Waals surface area contributed by atoms with Crippen LogP contribution >= 0.6 is 11.6 Å². The van der Waals surface area contributed by atoms with Crippen molar-refractivity contribution in [3.63, 3.8) is 0 Å². The number of carbonyl (C=O) groups excluding carboxylic acids is 1. The van der Waals surface area contributed by atoms with Crippen LogP contribution in [-0.4, -0.2) is 23.3 Å². The van der Waals surface area contributed by atoms with Crippen LogP contribution in [0.25, 0.3) is 0 Å². The summed E-state index contributed by atoms with van der Waals surface area (Å²) in [6, 6.07) is 8.40. The van der Waals surface area contributed by atoms with Crippen molar-refractivity contribution in [3.05, 3.63) is 34.9 Å². The van der Waals surface area contributed by atoms with Crippen molar-refractivity contribution in [2.45, 2.75) is 38.8 Å². The van der Waals surface area contributed by atoms with E-state index in [1.165, 1.54) is 12.0 Å². The van der Waals surface area contributed by atoms with Gasteiger partial charge in [0.1, 0.15) is 5.78 Å². The summed E-state index contributed by atoms with van der Waals surface area (Å²) >= 11 is 5.87. The number of hydrogen-bond acceptors (Lipinski definition) is 2. The first-order valence-corrected chi connectivity index (χ1v) is 6.51. The second kappa shape index (κ2) is 5.65. The molecule has 0 aliphatic carbocycles. The van der Waals surface area contributed by atoms with E-state index in [0.717, 1.165) is 24.5 Å². The summed E-state index contributed by atoms with van der Waals surface area (Å²) in [5.74, 6) is 0.290. The van der Waals surface area contributed by atoms with Gasteiger partial charge in [0.05, 0.1) is 0 Å². The lowest BCUT2D eigenvalue weighted by Crippen LogP contribution is -2.30. The third-order valence-electron chi connectivity index (χ3n) is 3.32. The fourth-order valence-electron chi connectivity index (χ4n) is 2.49. The molecule has 0 bridgehead atoms. The van der Waals surface area contributed by atoms with Crippen LogP contribution in [0.5, 0.6) is 0 Å². The molecule has 1 aromatic carbocycles. The Labute approximate surface area is 108 Å². The van der Waals surface area contributed by atoms with Crippen LogP contribution in [-0.2, 0) is 11.3 Å². The summed E-state index contributed by atoms with van der Waals surface area (Å²) in [5, 5.41) is 0.774. The molecule has 2 rings (SSSR count). The fourth-order valence-corrected chi connectivity index (χ4v) is 2.62. The van der Waals surface area contributed by atoms with Crippen molar-refractivity contribution in [2.24, 2.45) is 0 Å². The van der Waals surface area contributed by atoms with E-state index in [2.05, 4.69) is 17.0 Å². The van der Waals surface area contributed by atoms with Gasteiger partial charge in [-0.3, -0.25) is 9.69 Å². The first kappa shape index (κ1) is 12.6. The molecule has 0 aromatic heterocycles. The predicted molar refractivity (Wildman–Crippen MR) is 70.2 cm³/mol. The number of halogens is 1. The molecule has 1 saturated heterocycles. The minimum absolute atomic E-state index is 0.290. The smallest absolute Gasteiger partial charge is 0.131 e. The molecule has 0 amide bonds. The highest BCUT2D eigenvalue weighted by atomic mass is 35.5. The maximum absolute atomic E-state index is 11.2. The molecular weight excluding hydrogens is 234 g/mol. The Bertz CT molecular complexity index is 388. The number of ketones is 1. The molecule has 1 atom stereocenters. The Hall–Kier alpha value is -0.860. The lowest BCUT2D eigenvalue weighted by molar-refractivity contribution is -0.118. The van der Waals surface area contributed by atoms with E-state index in [1.54, 1.807) is 6.92 Å². The number of carbonyl (C=O) groups is 1. The van der Waals surface area contributed by atoms with Gasteiger partial charge in [0.15, 0.2) is 0 Å². The van der Waals surface area contributed by atoms with E-state index < -0.39 is 0 Å². The second-order valence-electron chi connectivity index (χ2n) is 4.80. The van der Waals surface area contributed by atoms with Gasteiger partial charge in [-0.15, -0.1) is 0 Å². The van der Waals surface area contributed by atoms with Gasteiger partial charge in [-0.2, -0.15) is 0 Å². The Morgan fingerprint density at radius 1 is 1.41 bits per heavy atom. The zero-order valence-corrected chi connectivity index (χ0v) is 10.9. The molecule has 2 nitrogen and oxygen atoms in total. The molecule has 1 aromatic rings. The maximum Gasteiger partial charge on any atom is 0.131 e. The number of Topliss-reactive ketones (excluding diaryl/α,β-unsaturated/α-hetero) is 1. The molecule has 3 heteroatoms. The van der Waals surface area contributed by atoms with Crippen LogP contribution in [0, 0.1) is 0 Å². The second-order valence-corrected chi connectivity index (χ2v) is 5.24. The van der Waals surface area contributed by atoms with Gasteiger partial charge in [0, 0.05) is 24.0 Å². The van der Waals surface area contributed by atoms with Crippen LogP contribution in [0.4, 0.5) is 0 Å². The van der Waals surface area contributed by atoms with Gasteiger partial charge in [-0.1, -0.05) is 23.7 Å². The largest absolute Gasteiger partial charge is 0.300 e. The Kier molecular flexibility index (Phi) is 4.19. The van der Waals surface area contributed by atoms with Crippen molar-refractivity contribution in [2.75, 3.05) is 6.54 Å². The SMILES string of the molecule is CC(=O)CC1CCCN1Cc1ccc(Cl)cc1. The normalized spacial score (nSPS) is 20.7. The quantitative estimate of drug-likeness (QED) is 0.819. The van der Waals surface area contributed by atoms with Crippen molar-refractivity contribution in [3.8, 4) is 0 Å². The topological polar surface area (TPSA) is 20.3 Å². The number of benzene rings is 1. The molecule has 0 spiro atoms. The maximum atomic E-state index is 11.2. The third-order valence-corrected chi connectivity index (χ3v) is 3.57. The zero-order chi connectivity index (χ0) is 12.3. The van der Waals surface area contributed by atoms with Crippen LogP contribution in [0.3, 0.4) is 0 Å². The van der Waals surface area contributed by atoms with Gasteiger partial charge < -0.3 is 0 Å². The van der Waals surface area contributed by atoms with E-state index in [-0.39, 0.29) is 5.78 Å². The minimum atomic E-state index is 0.290. The zero-order valence-electron chi connectivity index (χ0n) is 10.2. The Morgan fingerprint density at radius 2 is 2.12 bits per heavy atom. The molecule has 1 heterocycles. The van der Waals surface area contributed by atoms with E-state index in [1.807, 2.05) is 12.1 Å². The summed E-state index contributed by atoms with van der Waals surface area (Å²) in [6.45, 7) is 3.70. The van der Waals surface area contributed by atoms with E-state index in [9.17, 15) is 4.79 Å². The van der Waals surface area contributed by atoms with Gasteiger partial charge in [-0.05, 0) is 44.0 Å². The van der Waals surface area contributed by atoms with Crippen molar-refractivity contribution in [1.29, 1.82) is 0 Å². The predicted octanol–water partition coefficient (Wildman–Crippen LogP) is 3.28. The highest BCUT2D eigenvalue weighted by molar-refractivity contribution is 6.30. The van der Waals surface area contributed by atoms with E-state index in [0.29, 0.717) is 12.5 Å². The summed E-state index contributed by atoms with van der Waals surface area (Å²) in [7, 11) is 0. The van der Waals surface area contributed by atoms with Gasteiger partial charge in [0.2, 0.25) is 0 Å². The monoisotopic (exact) mass is 251 g/mol. The highest BCUT2D eigenvalue weighted by Gasteiger charge is 2.25. The molecule has 1 unspecified atom stereocenters. The first-order chi connectivity index (χ1) is 8.15. The molecule has 1 aliphatic rings. The summed E-state index contributed by atoms with van der Waals surface area (Å²) in [6.07, 6.45) is 3.03. The van der Waals surface area contributed by atoms with Crippen molar-refractivity contribution < 1.29 is 4.79 Å². The average molecular weight is 252 g/mol. The number of likely N-dealkylation sites (tertiary alicyclic amines) is 1. The molecule has 1 fully saturated rings. The van der Waals surface area contributed by atoms with Gasteiger partial charge in [0.25, 0.3) is 0 Å². The lowest BCUT2D eigenvalue weighted by Gasteiger charge is -2.23. The molecule has 0 radical (unpaired) electrons. The van der Waals surface area contributed by atoms with Gasteiger partial charge in [-0.25, -0.2) is 0 Å². The first-order valence-electron chi connectivity index (χ1n) is 6.13. The van der Waals surface area contributed by atoms with Crippen LogP contribution < -0.4 is 0 Å². The summed E-state index contributed by atoms with van der Waals surface area (Å²) < 4.78 is 0. The summed E-state index contributed by atoms with van der Waals surface area (Å²) in [4.78, 5) is 13.6. The van der Waals surface area contributed by atoms with Crippen molar-refractivity contribution in [1.82, 2.24) is 4.90 Å². The Morgan fingerprint density at radius 3 is 2.76 bits per heavy atom. The number of hydrogen-bond donors (Lipinski definition) is 0. The standard InChI is InChI=1S/C14H18ClNO/c1-11(17)9-14-3-2-8-16(14)10-12-4-6-13(15)7-5-12/h4-7,14H,2-3,8-10H2,1H3. The molecular formula is C14H18ClNO. The third kappa shape index (κ3) is 3.55. The molecule has 92 valence electrons. The number of nitrogens with zero attached hydrogens (tertiary/aromatic N) is 1. The Balaban J connectivity index is 1.97. The van der Waals surface area contributed by atoms with Crippen LogP contribution in [0.1, 0.15) is 31.7 Å². The lowest BCUT2D eigenvalue weighted by atomic mass is 10.1. The van der Waals surface area contributed by atoms with Gasteiger partial charge >= 0.3 is 0 Å². The minimum Gasteiger partial charge on any atom is -0.300 e. The highest BCUT2D eigenvalue weighted by Crippen LogP contribution is 2.23. The average Bonchev–Trinajstić information content (AvgIpc) is 2.68. The van der Waals surface area contributed by atoms with E-state index in [4.69, 9.17) is 11.6 Å². The number of rotatable bonds is 4. The van der Waals surface area contributed by atoms with Crippen molar-refractivity contribution >= 4 is 17.4 Å². The molecule has 0 N–H and O–H groups in total. The summed E-state index contributed by atoms with van der Waals surface area (Å²) in [5.41, 5.74) is 1.27. The molecule has 17 heavy (non-hydrogen) atoms. The molecule has 0 saturated carbocycles. The van der Waals surface area contributed by atoms with Crippen LogP contribution in [0.15, 0.2) is 24.3 Å². The fraction of sp³-hybridized carbons (Fsp3) is 0.500. The van der Waals surface area contributed by atoms with Crippen LogP contribution in [0.2, 0.25) is 5.02 Å². The van der Waals surface area contributed by atoms with E-state index >= 15 is 0 Å². The molecule has 1 aliphatic heterocycles.